The van der Waals surface area contributed by atoms with E-state index < -0.39 is 81.8 Å². The third-order valence-electron chi connectivity index (χ3n) is 10.1. The fourth-order valence-corrected chi connectivity index (χ4v) is 8.50. The van der Waals surface area contributed by atoms with E-state index in [-0.39, 0.29) is 18.6 Å². The van der Waals surface area contributed by atoms with Crippen LogP contribution in [0.5, 0.6) is 0 Å². The maximum atomic E-state index is 13.7. The predicted molar refractivity (Wildman–Crippen MR) is 130 cm³/mol. The Balaban J connectivity index is 2.01. The standard InChI is InChI=1S/C28H38O9/c1-13-10-18-27(8)17(25(5,6)37-21(31)12-20(27)36-16(4)30)11-19(35-15(3)29)28(18,9)22-24(33)34-14(2)23(32)26(13,22)7/h14,17-20,22H,1,10-12H2,2-9H3/t14-,17-,18+,19-,20+,22-,26+,27+,28+/m1/s1. The molecular weight excluding hydrogens is 480 g/mol. The van der Waals surface area contributed by atoms with Crippen molar-refractivity contribution in [2.75, 3.05) is 0 Å². The van der Waals surface area contributed by atoms with Crippen LogP contribution in [0.15, 0.2) is 12.2 Å². The van der Waals surface area contributed by atoms with Gasteiger partial charge < -0.3 is 18.9 Å². The van der Waals surface area contributed by atoms with Gasteiger partial charge in [-0.15, -0.1) is 0 Å². The van der Waals surface area contributed by atoms with E-state index in [4.69, 9.17) is 18.9 Å². The molecule has 0 N–H and O–H groups in total. The number of rotatable bonds is 2. The number of fused-ring (bicyclic) bond motifs is 5. The van der Waals surface area contributed by atoms with Crippen molar-refractivity contribution in [2.45, 2.75) is 98.6 Å². The highest BCUT2D eigenvalue weighted by atomic mass is 16.6. The first-order chi connectivity index (χ1) is 16.9. The van der Waals surface area contributed by atoms with Gasteiger partial charge in [0.05, 0.1) is 17.8 Å². The Hall–Kier alpha value is -2.71. The van der Waals surface area contributed by atoms with Crippen LogP contribution in [0.2, 0.25) is 0 Å². The highest BCUT2D eigenvalue weighted by Gasteiger charge is 2.75. The first-order valence-electron chi connectivity index (χ1n) is 12.9. The van der Waals surface area contributed by atoms with Crippen molar-refractivity contribution in [1.82, 2.24) is 0 Å². The minimum atomic E-state index is -1.23. The van der Waals surface area contributed by atoms with Crippen LogP contribution >= 0.6 is 0 Å². The summed E-state index contributed by atoms with van der Waals surface area (Å²) in [6, 6.07) is 0. The molecule has 2 heterocycles. The summed E-state index contributed by atoms with van der Waals surface area (Å²) in [5, 5.41) is 0. The number of carbonyl (C=O) groups excluding carboxylic acids is 5. The minimum absolute atomic E-state index is 0.157. The lowest BCUT2D eigenvalue weighted by Crippen LogP contribution is -2.72. The molecule has 0 spiro atoms. The molecule has 2 saturated heterocycles. The fraction of sp³-hybridized carbons (Fsp3) is 0.750. The van der Waals surface area contributed by atoms with Crippen LogP contribution in [0.4, 0.5) is 0 Å². The summed E-state index contributed by atoms with van der Waals surface area (Å²) in [5.74, 6) is -4.23. The Bertz CT molecular complexity index is 1090. The largest absolute Gasteiger partial charge is 0.462 e. The molecule has 0 unspecified atom stereocenters. The molecule has 0 amide bonds. The summed E-state index contributed by atoms with van der Waals surface area (Å²) >= 11 is 0. The van der Waals surface area contributed by atoms with Gasteiger partial charge in [-0.3, -0.25) is 24.0 Å². The third kappa shape index (κ3) is 3.67. The normalized spacial score (nSPS) is 44.8. The van der Waals surface area contributed by atoms with Gasteiger partial charge in [-0.25, -0.2) is 0 Å². The van der Waals surface area contributed by atoms with E-state index in [2.05, 4.69) is 6.58 Å². The Labute approximate surface area is 217 Å². The number of hydrogen-bond donors (Lipinski definition) is 0. The SMILES string of the molecule is C=C1C[C@H]2[C@@]3(C)[C@@H](OC(C)=O)CC(=O)OC(C)(C)[C@H]3C[C@@H](OC(C)=O)[C@@]2(C)[C@@H]2C(=O)O[C@H](C)C(=O)[C@@]12C. The van der Waals surface area contributed by atoms with Crippen molar-refractivity contribution < 1.29 is 42.9 Å². The number of esters is 4. The van der Waals surface area contributed by atoms with Gasteiger partial charge in [0.1, 0.15) is 17.8 Å². The average molecular weight is 519 g/mol. The number of cyclic esters (lactones) is 2. The lowest BCUT2D eigenvalue weighted by Gasteiger charge is -2.68. The highest BCUT2D eigenvalue weighted by molar-refractivity contribution is 6.00. The van der Waals surface area contributed by atoms with Crippen molar-refractivity contribution >= 4 is 29.7 Å². The summed E-state index contributed by atoms with van der Waals surface area (Å²) in [6.45, 7) is 17.6. The summed E-state index contributed by atoms with van der Waals surface area (Å²) < 4.78 is 23.2. The molecule has 0 aromatic carbocycles. The van der Waals surface area contributed by atoms with Gasteiger partial charge >= 0.3 is 23.9 Å². The number of allylic oxidation sites excluding steroid dienone is 1. The molecule has 9 heteroatoms. The first-order valence-corrected chi connectivity index (χ1v) is 12.9. The highest BCUT2D eigenvalue weighted by Crippen LogP contribution is 2.71. The second-order valence-electron chi connectivity index (χ2n) is 12.4. The van der Waals surface area contributed by atoms with Gasteiger partial charge in [0.25, 0.3) is 0 Å². The van der Waals surface area contributed by atoms with Crippen LogP contribution in [0.3, 0.4) is 0 Å². The van der Waals surface area contributed by atoms with Gasteiger partial charge in [-0.1, -0.05) is 26.0 Å². The zero-order chi connectivity index (χ0) is 27.9. The van der Waals surface area contributed by atoms with E-state index in [0.29, 0.717) is 12.0 Å². The molecule has 204 valence electrons. The summed E-state index contributed by atoms with van der Waals surface area (Å²) in [5.41, 5.74) is -3.65. The molecular formula is C28H38O9. The summed E-state index contributed by atoms with van der Waals surface area (Å²) in [7, 11) is 0. The van der Waals surface area contributed by atoms with Gasteiger partial charge in [0, 0.05) is 30.6 Å². The second kappa shape index (κ2) is 8.40. The number of Topliss-reactive ketones (excluding diaryl/α,β-unsaturated/α-hetero) is 1. The number of ether oxygens (including phenoxy) is 4. The van der Waals surface area contributed by atoms with Crippen LogP contribution in [-0.2, 0) is 42.9 Å². The molecule has 0 aromatic heterocycles. The second-order valence-corrected chi connectivity index (χ2v) is 12.4. The molecule has 0 bridgehead atoms. The number of carbonyl (C=O) groups is 5. The Morgan fingerprint density at radius 1 is 0.892 bits per heavy atom. The van der Waals surface area contributed by atoms with Gasteiger partial charge in [-0.2, -0.15) is 0 Å². The van der Waals surface area contributed by atoms with E-state index in [1.807, 2.05) is 13.8 Å². The Kier molecular flexibility index (Phi) is 6.20. The maximum absolute atomic E-state index is 13.7. The Morgan fingerprint density at radius 3 is 2.03 bits per heavy atom. The van der Waals surface area contributed by atoms with Crippen LogP contribution in [0, 0.1) is 34.0 Å². The minimum Gasteiger partial charge on any atom is -0.462 e. The Morgan fingerprint density at radius 2 is 1.46 bits per heavy atom. The first kappa shape index (κ1) is 27.3. The molecule has 9 nitrogen and oxygen atoms in total. The molecule has 4 rings (SSSR count). The monoisotopic (exact) mass is 518 g/mol. The molecule has 9 atom stereocenters. The maximum Gasteiger partial charge on any atom is 0.311 e. The van der Waals surface area contributed by atoms with Crippen LogP contribution in [0.25, 0.3) is 0 Å². The summed E-state index contributed by atoms with van der Waals surface area (Å²) in [4.78, 5) is 64.8. The fourth-order valence-electron chi connectivity index (χ4n) is 8.50. The van der Waals surface area contributed by atoms with Crippen molar-refractivity contribution in [3.8, 4) is 0 Å². The number of hydrogen-bond acceptors (Lipinski definition) is 9. The molecule has 0 radical (unpaired) electrons. The van der Waals surface area contributed by atoms with Gasteiger partial charge in [0.2, 0.25) is 0 Å². The predicted octanol–water partition coefficient (Wildman–Crippen LogP) is 3.32. The zero-order valence-corrected chi connectivity index (χ0v) is 23.0. The lowest BCUT2D eigenvalue weighted by atomic mass is 9.36. The molecule has 0 aromatic rings. The van der Waals surface area contributed by atoms with Crippen LogP contribution in [-0.4, -0.2) is 53.6 Å². The molecule has 37 heavy (non-hydrogen) atoms. The van der Waals surface area contributed by atoms with Gasteiger partial charge in [0.15, 0.2) is 11.9 Å². The van der Waals surface area contributed by atoms with E-state index in [1.54, 1.807) is 27.7 Å². The average Bonchev–Trinajstić information content (AvgIpc) is 2.80. The van der Waals surface area contributed by atoms with E-state index in [9.17, 15) is 24.0 Å². The third-order valence-corrected chi connectivity index (χ3v) is 10.1. The number of ketones is 1. The van der Waals surface area contributed by atoms with E-state index >= 15 is 0 Å². The van der Waals surface area contributed by atoms with Crippen LogP contribution < -0.4 is 0 Å². The van der Waals surface area contributed by atoms with E-state index in [0.717, 1.165) is 0 Å². The molecule has 4 fully saturated rings. The van der Waals surface area contributed by atoms with E-state index in [1.165, 1.54) is 13.8 Å². The van der Waals surface area contributed by atoms with Crippen molar-refractivity contribution in [2.24, 2.45) is 34.0 Å². The zero-order valence-electron chi connectivity index (χ0n) is 23.0. The quantitative estimate of drug-likeness (QED) is 0.308. The molecule has 2 saturated carbocycles. The topological polar surface area (TPSA) is 122 Å². The van der Waals surface area contributed by atoms with Crippen molar-refractivity contribution in [3.63, 3.8) is 0 Å². The van der Waals surface area contributed by atoms with Crippen molar-refractivity contribution in [1.29, 1.82) is 0 Å². The lowest BCUT2D eigenvalue weighted by molar-refractivity contribution is -0.257. The van der Waals surface area contributed by atoms with Crippen LogP contribution in [0.1, 0.15) is 74.7 Å². The molecule has 2 aliphatic heterocycles. The summed E-state index contributed by atoms with van der Waals surface area (Å²) in [6.07, 6.45) is -2.21. The van der Waals surface area contributed by atoms with Gasteiger partial charge in [-0.05, 0) is 46.5 Å². The molecule has 4 aliphatic rings. The smallest absolute Gasteiger partial charge is 0.311 e. The molecule has 2 aliphatic carbocycles. The van der Waals surface area contributed by atoms with Crippen molar-refractivity contribution in [3.05, 3.63) is 12.2 Å².